The molecule has 1 aliphatic heterocycles. The molecule has 1 aliphatic rings. The van der Waals surface area contributed by atoms with Gasteiger partial charge >= 0.3 is 0 Å². The van der Waals surface area contributed by atoms with E-state index in [4.69, 9.17) is 26.4 Å². The fourth-order valence-corrected chi connectivity index (χ4v) is 5.14. The summed E-state index contributed by atoms with van der Waals surface area (Å²) < 4.78 is 16.9. The molecule has 2 aromatic carbocycles. The quantitative estimate of drug-likeness (QED) is 0.181. The standard InChI is InChI=1S/C29H31N3O4S2/c1-4-35-25-12-9-20(18-26(25)36-5-2)13-15-32-28(33)23(31-29(32)37)17-21-10-11-24(34-3)22(16-21)19-38-27-8-6-7-14-30-27/h6-12,14,16-18H,4-5,13,15,19H2,1-3H3,(H,31,37)/b23-17+. The van der Waals surface area contributed by atoms with Crippen LogP contribution in [0.1, 0.15) is 30.5 Å². The number of rotatable bonds is 12. The van der Waals surface area contributed by atoms with Crippen LogP contribution in [0.4, 0.5) is 0 Å². The predicted octanol–water partition coefficient (Wildman–Crippen LogP) is 5.48. The van der Waals surface area contributed by atoms with E-state index in [1.807, 2.05) is 74.5 Å². The number of methoxy groups -OCH3 is 1. The van der Waals surface area contributed by atoms with Gasteiger partial charge in [0.2, 0.25) is 0 Å². The van der Waals surface area contributed by atoms with E-state index in [1.165, 1.54) is 0 Å². The highest BCUT2D eigenvalue weighted by molar-refractivity contribution is 7.98. The molecular weight excluding hydrogens is 518 g/mol. The average Bonchev–Trinajstić information content (AvgIpc) is 3.20. The van der Waals surface area contributed by atoms with Gasteiger partial charge in [-0.05, 0) is 86.1 Å². The molecule has 0 bridgehead atoms. The first-order valence-electron chi connectivity index (χ1n) is 12.5. The Morgan fingerprint density at radius 1 is 1.03 bits per heavy atom. The van der Waals surface area contributed by atoms with Crippen LogP contribution in [0.25, 0.3) is 6.08 Å². The molecule has 0 saturated carbocycles. The lowest BCUT2D eigenvalue weighted by Gasteiger charge is -2.16. The van der Waals surface area contributed by atoms with Crippen LogP contribution in [0, 0.1) is 0 Å². The van der Waals surface area contributed by atoms with Gasteiger partial charge in [-0.15, -0.1) is 11.8 Å². The number of carbonyl (C=O) groups is 1. The lowest BCUT2D eigenvalue weighted by atomic mass is 10.1. The van der Waals surface area contributed by atoms with Crippen LogP contribution >= 0.6 is 24.0 Å². The monoisotopic (exact) mass is 549 g/mol. The molecule has 7 nitrogen and oxygen atoms in total. The summed E-state index contributed by atoms with van der Waals surface area (Å²) in [6.45, 7) is 5.45. The van der Waals surface area contributed by atoms with E-state index in [1.54, 1.807) is 30.0 Å². The largest absolute Gasteiger partial charge is 0.496 e. The number of carbonyl (C=O) groups excluding carboxylic acids is 1. The van der Waals surface area contributed by atoms with Crippen molar-refractivity contribution in [3.63, 3.8) is 0 Å². The molecule has 38 heavy (non-hydrogen) atoms. The Balaban J connectivity index is 1.45. The van der Waals surface area contributed by atoms with Crippen molar-refractivity contribution in [1.82, 2.24) is 15.2 Å². The highest BCUT2D eigenvalue weighted by Crippen LogP contribution is 2.30. The van der Waals surface area contributed by atoms with Gasteiger partial charge in [0.05, 0.1) is 25.3 Å². The SMILES string of the molecule is CCOc1ccc(CCN2C(=O)/C(=C\c3ccc(OC)c(CSc4ccccn4)c3)NC2=S)cc1OCC. The molecule has 0 radical (unpaired) electrons. The average molecular weight is 550 g/mol. The van der Waals surface area contributed by atoms with E-state index in [2.05, 4.69) is 10.3 Å². The minimum Gasteiger partial charge on any atom is -0.496 e. The van der Waals surface area contributed by atoms with Gasteiger partial charge in [-0.25, -0.2) is 4.98 Å². The van der Waals surface area contributed by atoms with E-state index in [0.29, 0.717) is 48.5 Å². The van der Waals surface area contributed by atoms with Crippen molar-refractivity contribution >= 4 is 41.1 Å². The normalized spacial score (nSPS) is 14.1. The molecule has 0 atom stereocenters. The van der Waals surface area contributed by atoms with Gasteiger partial charge in [0, 0.05) is 24.1 Å². The van der Waals surface area contributed by atoms with Crippen molar-refractivity contribution in [1.29, 1.82) is 0 Å². The van der Waals surface area contributed by atoms with Gasteiger partial charge in [0.1, 0.15) is 11.4 Å². The first kappa shape index (κ1) is 27.5. The first-order chi connectivity index (χ1) is 18.5. The summed E-state index contributed by atoms with van der Waals surface area (Å²) in [5.74, 6) is 2.76. The minimum atomic E-state index is -0.147. The molecule has 0 aliphatic carbocycles. The van der Waals surface area contributed by atoms with Crippen molar-refractivity contribution in [2.24, 2.45) is 0 Å². The number of nitrogens with one attached hydrogen (secondary N) is 1. The topological polar surface area (TPSA) is 72.9 Å². The molecule has 1 amide bonds. The second-order valence-corrected chi connectivity index (χ2v) is 9.75. The van der Waals surface area contributed by atoms with Crippen molar-refractivity contribution in [2.75, 3.05) is 26.9 Å². The number of pyridine rings is 1. The third-order valence-electron chi connectivity index (χ3n) is 5.82. The Kier molecular flexibility index (Phi) is 9.62. The molecule has 1 aromatic heterocycles. The highest BCUT2D eigenvalue weighted by Gasteiger charge is 2.30. The number of hydrogen-bond acceptors (Lipinski definition) is 7. The summed E-state index contributed by atoms with van der Waals surface area (Å²) in [6, 6.07) is 17.6. The molecule has 0 spiro atoms. The molecule has 9 heteroatoms. The molecule has 0 unspecified atom stereocenters. The summed E-state index contributed by atoms with van der Waals surface area (Å²) in [5.41, 5.74) is 3.39. The Bertz CT molecular complexity index is 1310. The molecule has 2 heterocycles. The Morgan fingerprint density at radius 3 is 2.55 bits per heavy atom. The number of amides is 1. The molecule has 1 N–H and O–H groups in total. The summed E-state index contributed by atoms with van der Waals surface area (Å²) in [6.07, 6.45) is 4.23. The van der Waals surface area contributed by atoms with Crippen molar-refractivity contribution in [2.45, 2.75) is 31.0 Å². The zero-order chi connectivity index (χ0) is 26.9. The minimum absolute atomic E-state index is 0.147. The zero-order valence-electron chi connectivity index (χ0n) is 21.7. The van der Waals surface area contributed by atoms with Gasteiger partial charge in [-0.3, -0.25) is 9.69 Å². The van der Waals surface area contributed by atoms with E-state index in [-0.39, 0.29) is 5.91 Å². The van der Waals surface area contributed by atoms with Crippen LogP contribution in [-0.2, 0) is 17.0 Å². The fraction of sp³-hybridized carbons (Fsp3) is 0.276. The van der Waals surface area contributed by atoms with Crippen molar-refractivity contribution in [3.05, 3.63) is 83.2 Å². The maximum Gasteiger partial charge on any atom is 0.276 e. The van der Waals surface area contributed by atoms with Crippen LogP contribution in [0.3, 0.4) is 0 Å². The lowest BCUT2D eigenvalue weighted by Crippen LogP contribution is -2.32. The van der Waals surface area contributed by atoms with E-state index in [0.717, 1.165) is 33.2 Å². The maximum absolute atomic E-state index is 13.2. The summed E-state index contributed by atoms with van der Waals surface area (Å²) in [7, 11) is 1.66. The van der Waals surface area contributed by atoms with Crippen LogP contribution < -0.4 is 19.5 Å². The second kappa shape index (κ2) is 13.3. The van der Waals surface area contributed by atoms with E-state index < -0.39 is 0 Å². The Morgan fingerprint density at radius 2 is 1.82 bits per heavy atom. The Labute approximate surface area is 233 Å². The number of aromatic nitrogens is 1. The smallest absolute Gasteiger partial charge is 0.276 e. The van der Waals surface area contributed by atoms with Crippen LogP contribution in [0.2, 0.25) is 0 Å². The second-order valence-electron chi connectivity index (χ2n) is 8.37. The van der Waals surface area contributed by atoms with Gasteiger partial charge in [-0.1, -0.05) is 18.2 Å². The van der Waals surface area contributed by atoms with Gasteiger partial charge in [0.25, 0.3) is 5.91 Å². The molecule has 198 valence electrons. The third-order valence-corrected chi connectivity index (χ3v) is 7.14. The first-order valence-corrected chi connectivity index (χ1v) is 13.9. The van der Waals surface area contributed by atoms with Crippen molar-refractivity contribution in [3.8, 4) is 17.2 Å². The fourth-order valence-electron chi connectivity index (χ4n) is 4.02. The lowest BCUT2D eigenvalue weighted by molar-refractivity contribution is -0.122. The number of hydrogen-bond donors (Lipinski definition) is 1. The predicted molar refractivity (Wildman–Crippen MR) is 155 cm³/mol. The highest BCUT2D eigenvalue weighted by atomic mass is 32.2. The number of thiocarbonyl (C=S) groups is 1. The summed E-state index contributed by atoms with van der Waals surface area (Å²) in [5, 5.41) is 4.42. The van der Waals surface area contributed by atoms with Crippen LogP contribution in [-0.4, -0.2) is 47.8 Å². The molecule has 1 fully saturated rings. The summed E-state index contributed by atoms with van der Waals surface area (Å²) >= 11 is 7.12. The molecular formula is C29H31N3O4S2. The van der Waals surface area contributed by atoms with Crippen molar-refractivity contribution < 1.29 is 19.0 Å². The van der Waals surface area contributed by atoms with E-state index in [9.17, 15) is 4.79 Å². The number of ether oxygens (including phenoxy) is 3. The maximum atomic E-state index is 13.2. The molecule has 1 saturated heterocycles. The van der Waals surface area contributed by atoms with Gasteiger partial charge in [-0.2, -0.15) is 0 Å². The number of benzene rings is 2. The van der Waals surface area contributed by atoms with Gasteiger partial charge in [0.15, 0.2) is 16.6 Å². The zero-order valence-corrected chi connectivity index (χ0v) is 23.4. The summed E-state index contributed by atoms with van der Waals surface area (Å²) in [4.78, 5) is 19.2. The Hall–Kier alpha value is -3.56. The van der Waals surface area contributed by atoms with Crippen LogP contribution in [0.5, 0.6) is 17.2 Å². The third kappa shape index (κ3) is 6.85. The molecule has 3 aromatic rings. The van der Waals surface area contributed by atoms with Crippen LogP contribution in [0.15, 0.2) is 71.5 Å². The number of thioether (sulfide) groups is 1. The van der Waals surface area contributed by atoms with Gasteiger partial charge < -0.3 is 19.5 Å². The molecule has 4 rings (SSSR count). The number of nitrogens with zero attached hydrogens (tertiary/aromatic N) is 2. The van der Waals surface area contributed by atoms with E-state index >= 15 is 0 Å².